The van der Waals surface area contributed by atoms with Gasteiger partial charge in [-0.05, 0) is 36.4 Å². The molecular formula is C16H11ClN4O3. The van der Waals surface area contributed by atoms with Crippen LogP contribution in [0.5, 0.6) is 0 Å². The zero-order valence-electron chi connectivity index (χ0n) is 12.2. The number of aliphatic imine (C=N–C) groups is 1. The SMILES string of the molecule is O=C1NC(=O)N(c2ccc(Cl)cc2)C(=O)[C@@H]1C=Nc1cccnc1. The standard InChI is InChI=1S/C16H11ClN4O3/c17-10-3-5-12(6-4-10)21-15(23)13(14(22)20-16(21)24)9-19-11-2-1-7-18-8-11/h1-9,13H,(H,20,22,24)/t13-/m1/s1. The highest BCUT2D eigenvalue weighted by molar-refractivity contribution is 6.33. The van der Waals surface area contributed by atoms with Gasteiger partial charge in [0.05, 0.1) is 17.6 Å². The van der Waals surface area contributed by atoms with Crippen molar-refractivity contribution in [2.24, 2.45) is 10.9 Å². The molecule has 1 aromatic carbocycles. The van der Waals surface area contributed by atoms with Crippen molar-refractivity contribution in [2.45, 2.75) is 0 Å². The molecule has 1 saturated heterocycles. The minimum atomic E-state index is -1.21. The molecule has 0 bridgehead atoms. The minimum Gasteiger partial charge on any atom is -0.276 e. The van der Waals surface area contributed by atoms with Crippen LogP contribution in [0.3, 0.4) is 0 Å². The van der Waals surface area contributed by atoms with Crippen molar-refractivity contribution in [1.29, 1.82) is 0 Å². The summed E-state index contributed by atoms with van der Waals surface area (Å²) in [5.41, 5.74) is 0.808. The van der Waals surface area contributed by atoms with Gasteiger partial charge >= 0.3 is 6.03 Å². The van der Waals surface area contributed by atoms with Crippen molar-refractivity contribution in [3.05, 3.63) is 53.8 Å². The largest absolute Gasteiger partial charge is 0.335 e. The maximum absolute atomic E-state index is 12.6. The summed E-state index contributed by atoms with van der Waals surface area (Å²) in [5, 5.41) is 2.61. The molecule has 1 aromatic heterocycles. The van der Waals surface area contributed by atoms with Gasteiger partial charge in [-0.15, -0.1) is 0 Å². The first-order chi connectivity index (χ1) is 11.6. The normalized spacial score (nSPS) is 18.1. The summed E-state index contributed by atoms with van der Waals surface area (Å²) < 4.78 is 0. The number of rotatable bonds is 3. The zero-order valence-corrected chi connectivity index (χ0v) is 13.0. The number of carbonyl (C=O) groups is 3. The van der Waals surface area contributed by atoms with Gasteiger partial charge in [0.1, 0.15) is 0 Å². The third-order valence-corrected chi connectivity index (χ3v) is 3.56. The van der Waals surface area contributed by atoms with Gasteiger partial charge in [0.25, 0.3) is 5.91 Å². The molecule has 1 N–H and O–H groups in total. The minimum absolute atomic E-state index is 0.314. The number of anilines is 1. The molecule has 0 radical (unpaired) electrons. The van der Waals surface area contributed by atoms with E-state index in [2.05, 4.69) is 15.3 Å². The lowest BCUT2D eigenvalue weighted by Crippen LogP contribution is -2.58. The number of imide groups is 2. The Morgan fingerprint density at radius 1 is 1.17 bits per heavy atom. The van der Waals surface area contributed by atoms with E-state index in [1.165, 1.54) is 24.5 Å². The van der Waals surface area contributed by atoms with Crippen LogP contribution in [-0.2, 0) is 9.59 Å². The zero-order chi connectivity index (χ0) is 17.1. The number of nitrogens with zero attached hydrogens (tertiary/aromatic N) is 3. The first-order valence-electron chi connectivity index (χ1n) is 6.95. The van der Waals surface area contributed by atoms with Gasteiger partial charge in [-0.25, -0.2) is 9.69 Å². The summed E-state index contributed by atoms with van der Waals surface area (Å²) in [6.07, 6.45) is 4.27. The molecule has 7 nitrogen and oxygen atoms in total. The Kier molecular flexibility index (Phi) is 4.35. The first kappa shape index (κ1) is 15.8. The fourth-order valence-corrected chi connectivity index (χ4v) is 2.27. The van der Waals surface area contributed by atoms with Crippen LogP contribution in [0.2, 0.25) is 5.02 Å². The van der Waals surface area contributed by atoms with Gasteiger partial charge in [0.2, 0.25) is 5.91 Å². The molecule has 24 heavy (non-hydrogen) atoms. The van der Waals surface area contributed by atoms with Crippen molar-refractivity contribution in [3.8, 4) is 0 Å². The topological polar surface area (TPSA) is 91.7 Å². The molecule has 2 heterocycles. The van der Waals surface area contributed by atoms with Crippen LogP contribution in [0.15, 0.2) is 53.8 Å². The predicted molar refractivity (Wildman–Crippen MR) is 88.4 cm³/mol. The Morgan fingerprint density at radius 3 is 2.58 bits per heavy atom. The number of urea groups is 1. The summed E-state index contributed by atoms with van der Waals surface area (Å²) in [6, 6.07) is 8.68. The van der Waals surface area contributed by atoms with Crippen molar-refractivity contribution >= 4 is 47.0 Å². The number of aromatic nitrogens is 1. The average Bonchev–Trinajstić information content (AvgIpc) is 2.57. The van der Waals surface area contributed by atoms with Crippen LogP contribution >= 0.6 is 11.6 Å². The van der Waals surface area contributed by atoms with E-state index in [1.807, 2.05) is 0 Å². The summed E-state index contributed by atoms with van der Waals surface area (Å²) in [7, 11) is 0. The van der Waals surface area contributed by atoms with Crippen LogP contribution in [0.25, 0.3) is 0 Å². The second-order valence-corrected chi connectivity index (χ2v) is 5.35. The lowest BCUT2D eigenvalue weighted by Gasteiger charge is -2.28. The first-order valence-corrected chi connectivity index (χ1v) is 7.32. The summed E-state index contributed by atoms with van der Waals surface area (Å²) in [6.45, 7) is 0. The summed E-state index contributed by atoms with van der Waals surface area (Å²) in [5.74, 6) is -2.61. The Hall–Kier alpha value is -3.06. The molecule has 1 fully saturated rings. The summed E-state index contributed by atoms with van der Waals surface area (Å²) >= 11 is 5.81. The second-order valence-electron chi connectivity index (χ2n) is 4.91. The highest BCUT2D eigenvalue weighted by Crippen LogP contribution is 2.22. The molecule has 1 aliphatic heterocycles. The fraction of sp³-hybridized carbons (Fsp3) is 0.0625. The van der Waals surface area contributed by atoms with E-state index in [-0.39, 0.29) is 0 Å². The number of amides is 4. The number of hydrogen-bond acceptors (Lipinski definition) is 5. The molecular weight excluding hydrogens is 332 g/mol. The van der Waals surface area contributed by atoms with Gasteiger partial charge in [-0.3, -0.25) is 24.9 Å². The number of nitrogens with one attached hydrogen (secondary N) is 1. The number of hydrogen-bond donors (Lipinski definition) is 1. The molecule has 8 heteroatoms. The molecule has 0 spiro atoms. The highest BCUT2D eigenvalue weighted by atomic mass is 35.5. The summed E-state index contributed by atoms with van der Waals surface area (Å²) in [4.78, 5) is 45.4. The quantitative estimate of drug-likeness (QED) is 0.684. The smallest absolute Gasteiger partial charge is 0.276 e. The predicted octanol–water partition coefficient (Wildman–Crippen LogP) is 2.34. The lowest BCUT2D eigenvalue weighted by atomic mass is 10.1. The van der Waals surface area contributed by atoms with E-state index < -0.39 is 23.8 Å². The van der Waals surface area contributed by atoms with Gasteiger partial charge in [-0.1, -0.05) is 11.6 Å². The van der Waals surface area contributed by atoms with E-state index in [1.54, 1.807) is 30.5 Å². The van der Waals surface area contributed by atoms with Crippen molar-refractivity contribution < 1.29 is 14.4 Å². The number of halogens is 1. The van der Waals surface area contributed by atoms with Gasteiger partial charge < -0.3 is 0 Å². The molecule has 120 valence electrons. The van der Waals surface area contributed by atoms with E-state index >= 15 is 0 Å². The fourth-order valence-electron chi connectivity index (χ4n) is 2.15. The van der Waals surface area contributed by atoms with E-state index in [4.69, 9.17) is 11.6 Å². The van der Waals surface area contributed by atoms with Crippen LogP contribution in [0.1, 0.15) is 0 Å². The van der Waals surface area contributed by atoms with Gasteiger partial charge in [0.15, 0.2) is 5.92 Å². The molecule has 0 saturated carbocycles. The number of benzene rings is 1. The van der Waals surface area contributed by atoms with Crippen molar-refractivity contribution in [1.82, 2.24) is 10.3 Å². The van der Waals surface area contributed by atoms with Crippen molar-refractivity contribution in [2.75, 3.05) is 4.90 Å². The third kappa shape index (κ3) is 3.16. The average molecular weight is 343 g/mol. The van der Waals surface area contributed by atoms with Crippen LogP contribution < -0.4 is 10.2 Å². The maximum Gasteiger partial charge on any atom is 0.335 e. The van der Waals surface area contributed by atoms with E-state index in [9.17, 15) is 14.4 Å². The number of pyridine rings is 1. The van der Waals surface area contributed by atoms with Crippen LogP contribution in [0.4, 0.5) is 16.2 Å². The second kappa shape index (κ2) is 6.59. The van der Waals surface area contributed by atoms with E-state index in [0.717, 1.165) is 4.90 Å². The molecule has 0 unspecified atom stereocenters. The number of carbonyl (C=O) groups excluding carboxylic acids is 3. The van der Waals surface area contributed by atoms with Crippen molar-refractivity contribution in [3.63, 3.8) is 0 Å². The molecule has 1 aliphatic rings. The van der Waals surface area contributed by atoms with Gasteiger partial charge in [-0.2, -0.15) is 0 Å². The Balaban J connectivity index is 1.88. The molecule has 1 atom stereocenters. The van der Waals surface area contributed by atoms with Gasteiger partial charge in [0, 0.05) is 17.4 Å². The Labute approximate surface area is 142 Å². The van der Waals surface area contributed by atoms with Crippen LogP contribution in [-0.4, -0.2) is 29.0 Å². The maximum atomic E-state index is 12.6. The Bertz CT molecular complexity index is 821. The highest BCUT2D eigenvalue weighted by Gasteiger charge is 2.40. The molecule has 3 rings (SSSR count). The number of barbiturate groups is 1. The third-order valence-electron chi connectivity index (χ3n) is 3.31. The molecule has 4 amide bonds. The molecule has 0 aliphatic carbocycles. The van der Waals surface area contributed by atoms with Crippen LogP contribution in [0, 0.1) is 5.92 Å². The van der Waals surface area contributed by atoms with E-state index in [0.29, 0.717) is 16.4 Å². The lowest BCUT2D eigenvalue weighted by molar-refractivity contribution is -0.131. The Morgan fingerprint density at radius 2 is 1.92 bits per heavy atom. The molecule has 2 aromatic rings. The monoisotopic (exact) mass is 342 g/mol.